The van der Waals surface area contributed by atoms with Crippen LogP contribution in [0, 0.1) is 0 Å². The van der Waals surface area contributed by atoms with E-state index in [1.807, 2.05) is 5.38 Å². The Morgan fingerprint density at radius 2 is 2.33 bits per heavy atom. The first-order valence-electron chi connectivity index (χ1n) is 5.15. The van der Waals surface area contributed by atoms with Crippen molar-refractivity contribution in [2.24, 2.45) is 5.73 Å². The number of carbonyl (C=O) groups excluding carboxylic acids is 1. The van der Waals surface area contributed by atoms with Gasteiger partial charge in [-0.25, -0.2) is 4.98 Å². The van der Waals surface area contributed by atoms with Crippen LogP contribution in [-0.2, 0) is 11.3 Å². The number of aromatic nitrogens is 1. The summed E-state index contributed by atoms with van der Waals surface area (Å²) in [4.78, 5) is 15.9. The Bertz CT molecular complexity index is 330. The molecule has 3 N–H and O–H groups in total. The van der Waals surface area contributed by atoms with Crippen LogP contribution in [0.25, 0.3) is 0 Å². The van der Waals surface area contributed by atoms with Gasteiger partial charge in [0.05, 0.1) is 23.3 Å². The van der Waals surface area contributed by atoms with Crippen LogP contribution in [0.4, 0.5) is 0 Å². The van der Waals surface area contributed by atoms with Crippen molar-refractivity contribution in [3.63, 3.8) is 0 Å². The molecular weight excluding hydrogens is 210 g/mol. The van der Waals surface area contributed by atoms with E-state index in [0.717, 1.165) is 31.4 Å². The van der Waals surface area contributed by atoms with E-state index in [-0.39, 0.29) is 5.91 Å². The number of nitrogens with one attached hydrogen (secondary N) is 1. The summed E-state index contributed by atoms with van der Waals surface area (Å²) in [7, 11) is 0. The number of hydrogen-bond acceptors (Lipinski definition) is 4. The Labute approximate surface area is 92.9 Å². The average Bonchev–Trinajstić information content (AvgIpc) is 2.85. The minimum Gasteiger partial charge on any atom is -0.349 e. The van der Waals surface area contributed by atoms with Gasteiger partial charge in [-0.15, -0.1) is 11.3 Å². The Morgan fingerprint density at radius 3 is 2.93 bits per heavy atom. The molecule has 0 aliphatic heterocycles. The maximum absolute atomic E-state index is 11.8. The molecule has 0 saturated heterocycles. The second-order valence-electron chi connectivity index (χ2n) is 4.03. The molecule has 1 heterocycles. The lowest BCUT2D eigenvalue weighted by atomic mass is 9.98. The lowest BCUT2D eigenvalue weighted by Gasteiger charge is -2.21. The van der Waals surface area contributed by atoms with E-state index in [2.05, 4.69) is 10.3 Å². The summed E-state index contributed by atoms with van der Waals surface area (Å²) in [6.07, 6.45) is 3.72. The van der Waals surface area contributed by atoms with E-state index in [1.165, 1.54) is 11.3 Å². The smallest absolute Gasteiger partial charge is 0.240 e. The van der Waals surface area contributed by atoms with Crippen LogP contribution in [0.3, 0.4) is 0 Å². The number of rotatable bonds is 3. The molecule has 0 unspecified atom stereocenters. The van der Waals surface area contributed by atoms with Crippen molar-refractivity contribution in [1.29, 1.82) is 0 Å². The molecule has 1 saturated carbocycles. The Balaban J connectivity index is 1.87. The Morgan fingerprint density at radius 1 is 1.60 bits per heavy atom. The number of hydrogen-bond donors (Lipinski definition) is 2. The van der Waals surface area contributed by atoms with Gasteiger partial charge in [0.15, 0.2) is 0 Å². The number of nitrogens with two attached hydrogens (primary N) is 1. The van der Waals surface area contributed by atoms with Crippen molar-refractivity contribution in [2.45, 2.75) is 37.8 Å². The monoisotopic (exact) mass is 225 g/mol. The zero-order valence-corrected chi connectivity index (χ0v) is 9.35. The predicted molar refractivity (Wildman–Crippen MR) is 59.3 cm³/mol. The fourth-order valence-electron chi connectivity index (χ4n) is 1.90. The van der Waals surface area contributed by atoms with Gasteiger partial charge in [-0.05, 0) is 12.8 Å². The first-order chi connectivity index (χ1) is 7.21. The van der Waals surface area contributed by atoms with Crippen LogP contribution >= 0.6 is 11.3 Å². The molecule has 1 amide bonds. The molecule has 5 heteroatoms. The molecule has 4 nitrogen and oxygen atoms in total. The summed E-state index contributed by atoms with van der Waals surface area (Å²) in [6, 6.07) is 0. The van der Waals surface area contributed by atoms with Crippen LogP contribution in [0.1, 0.15) is 31.4 Å². The van der Waals surface area contributed by atoms with E-state index >= 15 is 0 Å². The van der Waals surface area contributed by atoms with E-state index in [1.54, 1.807) is 5.51 Å². The SMILES string of the molecule is NC1(C(=O)NCc2cscn2)CCCC1. The summed E-state index contributed by atoms with van der Waals surface area (Å²) >= 11 is 1.53. The van der Waals surface area contributed by atoms with Crippen molar-refractivity contribution >= 4 is 17.2 Å². The van der Waals surface area contributed by atoms with Crippen LogP contribution in [0.2, 0.25) is 0 Å². The topological polar surface area (TPSA) is 68.0 Å². The highest BCUT2D eigenvalue weighted by molar-refractivity contribution is 7.07. The molecule has 1 fully saturated rings. The van der Waals surface area contributed by atoms with Gasteiger partial charge >= 0.3 is 0 Å². The van der Waals surface area contributed by atoms with Crippen molar-refractivity contribution in [1.82, 2.24) is 10.3 Å². The molecule has 0 aromatic carbocycles. The molecule has 0 bridgehead atoms. The molecule has 2 rings (SSSR count). The van der Waals surface area contributed by atoms with Crippen molar-refractivity contribution in [3.8, 4) is 0 Å². The molecule has 0 spiro atoms. The molecular formula is C10H15N3OS. The molecule has 0 atom stereocenters. The van der Waals surface area contributed by atoms with Gasteiger partial charge in [0.2, 0.25) is 5.91 Å². The highest BCUT2D eigenvalue weighted by atomic mass is 32.1. The quantitative estimate of drug-likeness (QED) is 0.807. The largest absolute Gasteiger partial charge is 0.349 e. The van der Waals surface area contributed by atoms with Gasteiger partial charge in [-0.2, -0.15) is 0 Å². The third kappa shape index (κ3) is 2.35. The highest BCUT2D eigenvalue weighted by Gasteiger charge is 2.36. The zero-order chi connectivity index (χ0) is 10.7. The minimum absolute atomic E-state index is 0.0343. The van der Waals surface area contributed by atoms with Crippen molar-refractivity contribution in [2.75, 3.05) is 0 Å². The van der Waals surface area contributed by atoms with E-state index in [4.69, 9.17) is 5.73 Å². The first-order valence-corrected chi connectivity index (χ1v) is 6.09. The average molecular weight is 225 g/mol. The molecule has 15 heavy (non-hydrogen) atoms. The second-order valence-corrected chi connectivity index (χ2v) is 4.74. The third-order valence-corrected chi connectivity index (χ3v) is 3.50. The maximum atomic E-state index is 11.8. The van der Waals surface area contributed by atoms with Crippen LogP contribution < -0.4 is 11.1 Å². The fraction of sp³-hybridized carbons (Fsp3) is 0.600. The molecule has 0 radical (unpaired) electrons. The van der Waals surface area contributed by atoms with Gasteiger partial charge in [0.25, 0.3) is 0 Å². The zero-order valence-electron chi connectivity index (χ0n) is 8.53. The van der Waals surface area contributed by atoms with Gasteiger partial charge in [0.1, 0.15) is 0 Å². The lowest BCUT2D eigenvalue weighted by Crippen LogP contribution is -2.51. The highest BCUT2D eigenvalue weighted by Crippen LogP contribution is 2.27. The maximum Gasteiger partial charge on any atom is 0.240 e. The predicted octanol–water partition coefficient (Wildman–Crippen LogP) is 1.03. The summed E-state index contributed by atoms with van der Waals surface area (Å²) < 4.78 is 0. The summed E-state index contributed by atoms with van der Waals surface area (Å²) in [5.74, 6) is -0.0343. The van der Waals surface area contributed by atoms with Crippen LogP contribution in [-0.4, -0.2) is 16.4 Å². The Kier molecular flexibility index (Phi) is 3.02. The molecule has 1 aromatic heterocycles. The first kappa shape index (κ1) is 10.6. The van der Waals surface area contributed by atoms with E-state index in [9.17, 15) is 4.79 Å². The Hall–Kier alpha value is -0.940. The molecule has 1 aliphatic rings. The van der Waals surface area contributed by atoms with E-state index in [0.29, 0.717) is 6.54 Å². The van der Waals surface area contributed by atoms with Crippen molar-refractivity contribution < 1.29 is 4.79 Å². The van der Waals surface area contributed by atoms with Crippen LogP contribution in [0.5, 0.6) is 0 Å². The number of amides is 1. The molecule has 1 aliphatic carbocycles. The van der Waals surface area contributed by atoms with Gasteiger partial charge in [0, 0.05) is 5.38 Å². The van der Waals surface area contributed by atoms with E-state index < -0.39 is 5.54 Å². The lowest BCUT2D eigenvalue weighted by molar-refractivity contribution is -0.126. The summed E-state index contributed by atoms with van der Waals surface area (Å²) in [5, 5.41) is 4.78. The van der Waals surface area contributed by atoms with Gasteiger partial charge in [-0.3, -0.25) is 4.79 Å². The second kappa shape index (κ2) is 4.28. The number of nitrogens with zero attached hydrogens (tertiary/aromatic N) is 1. The number of carbonyl (C=O) groups is 1. The van der Waals surface area contributed by atoms with Gasteiger partial charge < -0.3 is 11.1 Å². The van der Waals surface area contributed by atoms with Crippen LogP contribution in [0.15, 0.2) is 10.9 Å². The standard InChI is InChI=1S/C10H15N3OS/c11-10(3-1-2-4-10)9(14)12-5-8-6-15-7-13-8/h6-7H,1-5,11H2,(H,12,14). The minimum atomic E-state index is -0.629. The summed E-state index contributed by atoms with van der Waals surface area (Å²) in [6.45, 7) is 0.487. The number of thiazole rings is 1. The molecule has 82 valence electrons. The molecule has 1 aromatic rings. The normalized spacial score (nSPS) is 19.0. The van der Waals surface area contributed by atoms with Gasteiger partial charge in [-0.1, -0.05) is 12.8 Å². The third-order valence-electron chi connectivity index (χ3n) is 2.86. The fourth-order valence-corrected chi connectivity index (χ4v) is 2.46. The summed E-state index contributed by atoms with van der Waals surface area (Å²) in [5.41, 5.74) is 8.04. The van der Waals surface area contributed by atoms with Crippen molar-refractivity contribution in [3.05, 3.63) is 16.6 Å².